The summed E-state index contributed by atoms with van der Waals surface area (Å²) in [7, 11) is 1.88. The fraction of sp³-hybridized carbons (Fsp3) is 0.767. The standard InChI is InChI=1S/C30H44N2O5/c1-17(2)24(27(34)37-28(3,4)5)31-20-11-12-30(35-6)22-15-19-9-10-21(33)25-23(19)29(30,26(20)36-25)13-14-32(22)16-18-7-8-18/h9-10,17-18,20,22,24,26,31,33H,7-8,11-16H2,1-6H3/t20?,22-,24?,26?,29+,30-/m1/s1. The summed E-state index contributed by atoms with van der Waals surface area (Å²) >= 11 is 0. The van der Waals surface area contributed by atoms with Crippen LogP contribution in [0.2, 0.25) is 0 Å². The Hall–Kier alpha value is -1.83. The van der Waals surface area contributed by atoms with Crippen molar-refractivity contribution < 1.29 is 24.1 Å². The van der Waals surface area contributed by atoms with Crippen LogP contribution >= 0.6 is 0 Å². The first kappa shape index (κ1) is 25.4. The molecular weight excluding hydrogens is 468 g/mol. The fourth-order valence-corrected chi connectivity index (χ4v) is 8.17. The number of aromatic hydroxyl groups is 1. The number of hydrogen-bond donors (Lipinski definition) is 2. The van der Waals surface area contributed by atoms with Crippen molar-refractivity contribution in [1.29, 1.82) is 0 Å². The predicted molar refractivity (Wildman–Crippen MR) is 141 cm³/mol. The van der Waals surface area contributed by atoms with E-state index in [1.54, 1.807) is 6.07 Å². The van der Waals surface area contributed by atoms with Crippen LogP contribution in [0.15, 0.2) is 12.1 Å². The van der Waals surface area contributed by atoms with Crippen molar-refractivity contribution in [1.82, 2.24) is 10.2 Å². The van der Waals surface area contributed by atoms with E-state index in [9.17, 15) is 9.90 Å². The Labute approximate surface area is 221 Å². The molecule has 2 N–H and O–H groups in total. The van der Waals surface area contributed by atoms with Gasteiger partial charge in [0.1, 0.15) is 17.7 Å². The Bertz CT molecular complexity index is 1080. The molecule has 204 valence electrons. The molecule has 3 aliphatic carbocycles. The summed E-state index contributed by atoms with van der Waals surface area (Å²) in [6, 6.07) is 3.68. The molecular formula is C30H44N2O5. The number of hydrogen-bond acceptors (Lipinski definition) is 7. The Kier molecular flexibility index (Phi) is 5.91. The van der Waals surface area contributed by atoms with Gasteiger partial charge in [0, 0.05) is 31.3 Å². The van der Waals surface area contributed by atoms with Gasteiger partial charge in [-0.15, -0.1) is 0 Å². The van der Waals surface area contributed by atoms with Crippen LogP contribution in [0, 0.1) is 11.8 Å². The van der Waals surface area contributed by atoms with Crippen molar-refractivity contribution in [3.8, 4) is 11.5 Å². The third-order valence-corrected chi connectivity index (χ3v) is 9.81. The molecule has 3 fully saturated rings. The zero-order valence-electron chi connectivity index (χ0n) is 23.3. The molecule has 0 amide bonds. The zero-order chi connectivity index (χ0) is 26.3. The van der Waals surface area contributed by atoms with Gasteiger partial charge in [-0.1, -0.05) is 19.9 Å². The van der Waals surface area contributed by atoms with E-state index in [0.717, 1.165) is 50.3 Å². The van der Waals surface area contributed by atoms with Crippen LogP contribution in [0.3, 0.4) is 0 Å². The SMILES string of the molecule is CO[C@@]12CCC(NC(C(=O)OC(C)(C)C)C(C)C)C3Oc4c(O)ccc5c4[C@@]31CCN(CC1CC1)[C@@H]2C5. The number of phenols is 1. The summed E-state index contributed by atoms with van der Waals surface area (Å²) in [6.07, 6.45) is 6.02. The van der Waals surface area contributed by atoms with Crippen molar-refractivity contribution in [2.75, 3.05) is 20.2 Å². The molecule has 0 radical (unpaired) electrons. The maximum absolute atomic E-state index is 13.3. The number of carbonyl (C=O) groups is 1. The number of piperidine rings is 1. The second-order valence-electron chi connectivity index (χ2n) is 13.5. The van der Waals surface area contributed by atoms with Gasteiger partial charge >= 0.3 is 5.97 Å². The van der Waals surface area contributed by atoms with E-state index < -0.39 is 11.6 Å². The van der Waals surface area contributed by atoms with Crippen LogP contribution in [-0.4, -0.2) is 71.6 Å². The largest absolute Gasteiger partial charge is 0.504 e. The smallest absolute Gasteiger partial charge is 0.323 e. The molecule has 0 aromatic heterocycles. The number of methoxy groups -OCH3 is 1. The van der Waals surface area contributed by atoms with Gasteiger partial charge in [0.05, 0.1) is 11.0 Å². The monoisotopic (exact) mass is 512 g/mol. The van der Waals surface area contributed by atoms with Gasteiger partial charge in [-0.05, 0) is 89.3 Å². The normalized spacial score (nSPS) is 35.2. The lowest BCUT2D eigenvalue weighted by Crippen LogP contribution is -2.79. The van der Waals surface area contributed by atoms with Gasteiger partial charge in [-0.3, -0.25) is 15.0 Å². The van der Waals surface area contributed by atoms with E-state index in [2.05, 4.69) is 30.1 Å². The van der Waals surface area contributed by atoms with E-state index in [-0.39, 0.29) is 46.8 Å². The molecule has 2 heterocycles. The lowest BCUT2D eigenvalue weighted by Gasteiger charge is -2.66. The molecule has 7 nitrogen and oxygen atoms in total. The fourth-order valence-electron chi connectivity index (χ4n) is 8.17. The third-order valence-electron chi connectivity index (χ3n) is 9.81. The minimum atomic E-state index is -0.547. The molecule has 6 atom stereocenters. The first-order valence-corrected chi connectivity index (χ1v) is 14.3. The summed E-state index contributed by atoms with van der Waals surface area (Å²) in [6.45, 7) is 12.0. The summed E-state index contributed by atoms with van der Waals surface area (Å²) < 4.78 is 19.3. The van der Waals surface area contributed by atoms with Gasteiger partial charge < -0.3 is 19.3 Å². The molecule has 1 aromatic carbocycles. The highest BCUT2D eigenvalue weighted by Crippen LogP contribution is 2.66. The Morgan fingerprint density at radius 3 is 2.65 bits per heavy atom. The second-order valence-corrected chi connectivity index (χ2v) is 13.5. The highest BCUT2D eigenvalue weighted by Gasteiger charge is 2.74. The Balaban J connectivity index is 1.40. The Morgan fingerprint density at radius 2 is 2.00 bits per heavy atom. The van der Waals surface area contributed by atoms with Crippen molar-refractivity contribution in [2.45, 2.75) is 114 Å². The number of esters is 1. The number of likely N-dealkylation sites (tertiary alicyclic amines) is 1. The molecule has 2 aliphatic heterocycles. The summed E-state index contributed by atoms with van der Waals surface area (Å²) in [5, 5.41) is 14.7. The van der Waals surface area contributed by atoms with Crippen molar-refractivity contribution >= 4 is 5.97 Å². The summed E-state index contributed by atoms with van der Waals surface area (Å²) in [4.78, 5) is 16.0. The third kappa shape index (κ3) is 3.75. The van der Waals surface area contributed by atoms with Crippen LogP contribution < -0.4 is 10.1 Å². The van der Waals surface area contributed by atoms with E-state index in [1.165, 1.54) is 18.4 Å². The second kappa shape index (κ2) is 8.59. The van der Waals surface area contributed by atoms with Crippen LogP contribution in [0.25, 0.3) is 0 Å². The average molecular weight is 513 g/mol. The van der Waals surface area contributed by atoms with Gasteiger partial charge in [0.25, 0.3) is 0 Å². The number of carbonyl (C=O) groups excluding carboxylic acids is 1. The van der Waals surface area contributed by atoms with Gasteiger partial charge in [-0.25, -0.2) is 0 Å². The van der Waals surface area contributed by atoms with Crippen LogP contribution in [0.4, 0.5) is 0 Å². The van der Waals surface area contributed by atoms with Crippen LogP contribution in [-0.2, 0) is 26.1 Å². The molecule has 3 unspecified atom stereocenters. The number of benzene rings is 1. The number of ether oxygens (including phenoxy) is 3. The van der Waals surface area contributed by atoms with Gasteiger partial charge in [0.2, 0.25) is 0 Å². The zero-order valence-corrected chi connectivity index (χ0v) is 23.3. The van der Waals surface area contributed by atoms with E-state index in [1.807, 2.05) is 27.9 Å². The van der Waals surface area contributed by atoms with Gasteiger partial charge in [0.15, 0.2) is 11.5 Å². The minimum absolute atomic E-state index is 0.0587. The van der Waals surface area contributed by atoms with E-state index in [0.29, 0.717) is 5.75 Å². The lowest BCUT2D eigenvalue weighted by molar-refractivity contribution is -0.208. The number of nitrogens with one attached hydrogen (secondary N) is 1. The molecule has 1 saturated heterocycles. The van der Waals surface area contributed by atoms with Crippen molar-refractivity contribution in [3.05, 3.63) is 23.3 Å². The molecule has 1 aromatic rings. The molecule has 1 spiro atoms. The number of phenolic OH excluding ortho intramolecular Hbond substituents is 1. The van der Waals surface area contributed by atoms with E-state index >= 15 is 0 Å². The highest BCUT2D eigenvalue weighted by atomic mass is 16.6. The highest BCUT2D eigenvalue weighted by molar-refractivity contribution is 5.76. The molecule has 37 heavy (non-hydrogen) atoms. The molecule has 2 saturated carbocycles. The van der Waals surface area contributed by atoms with Crippen LogP contribution in [0.1, 0.15) is 77.8 Å². The number of nitrogens with zero attached hydrogens (tertiary/aromatic N) is 1. The van der Waals surface area contributed by atoms with Crippen molar-refractivity contribution in [2.24, 2.45) is 11.8 Å². The quantitative estimate of drug-likeness (QED) is 0.536. The first-order chi connectivity index (χ1) is 17.5. The minimum Gasteiger partial charge on any atom is -0.504 e. The first-order valence-electron chi connectivity index (χ1n) is 14.3. The topological polar surface area (TPSA) is 80.3 Å². The molecule has 2 bridgehead atoms. The lowest BCUT2D eigenvalue weighted by atomic mass is 9.48. The molecule has 5 aliphatic rings. The van der Waals surface area contributed by atoms with E-state index in [4.69, 9.17) is 14.2 Å². The maximum Gasteiger partial charge on any atom is 0.323 e. The maximum atomic E-state index is 13.3. The average Bonchev–Trinajstić information content (AvgIpc) is 3.57. The van der Waals surface area contributed by atoms with Crippen LogP contribution in [0.5, 0.6) is 11.5 Å². The summed E-state index contributed by atoms with van der Waals surface area (Å²) in [5.41, 5.74) is 1.15. The van der Waals surface area contributed by atoms with Gasteiger partial charge in [-0.2, -0.15) is 0 Å². The van der Waals surface area contributed by atoms with Crippen molar-refractivity contribution in [3.63, 3.8) is 0 Å². The predicted octanol–water partition coefficient (Wildman–Crippen LogP) is 3.93. The summed E-state index contributed by atoms with van der Waals surface area (Å²) in [5.74, 6) is 1.49. The number of rotatable bonds is 7. The molecule has 7 heteroatoms. The molecule has 6 rings (SSSR count). The Morgan fingerprint density at radius 1 is 1.24 bits per heavy atom.